The topological polar surface area (TPSA) is 59.4 Å². The van der Waals surface area contributed by atoms with Gasteiger partial charge in [-0.2, -0.15) is 0 Å². The van der Waals surface area contributed by atoms with Gasteiger partial charge in [0.25, 0.3) is 0 Å². The van der Waals surface area contributed by atoms with Crippen molar-refractivity contribution in [3.63, 3.8) is 0 Å². The van der Waals surface area contributed by atoms with E-state index in [9.17, 15) is 4.79 Å². The van der Waals surface area contributed by atoms with E-state index >= 15 is 0 Å². The second kappa shape index (κ2) is 7.97. The summed E-state index contributed by atoms with van der Waals surface area (Å²) in [5.41, 5.74) is 2.89. The van der Waals surface area contributed by atoms with E-state index in [1.165, 1.54) is 0 Å². The number of rotatable bonds is 6. The number of benzene rings is 1. The number of aromatic nitrogens is 2. The summed E-state index contributed by atoms with van der Waals surface area (Å²) in [6.07, 6.45) is 1.06. The Kier molecular flexibility index (Phi) is 5.71. The first-order chi connectivity index (χ1) is 12.1. The van der Waals surface area contributed by atoms with Crippen LogP contribution in [-0.2, 0) is 22.6 Å². The maximum atomic E-state index is 11.9. The number of aryl methyl sites for hydroxylation is 1. The lowest BCUT2D eigenvalue weighted by molar-refractivity contribution is -0.118. The Balaban J connectivity index is 1.87. The molecule has 1 aliphatic rings. The van der Waals surface area contributed by atoms with Crippen LogP contribution < -0.4 is 5.32 Å². The number of ether oxygens (including phenoxy) is 1. The van der Waals surface area contributed by atoms with Gasteiger partial charge in [-0.25, -0.2) is 4.98 Å². The van der Waals surface area contributed by atoms with Crippen LogP contribution in [0.1, 0.15) is 33.0 Å². The Hall–Kier alpha value is -1.92. The largest absolute Gasteiger partial charge is 0.379 e. The zero-order valence-corrected chi connectivity index (χ0v) is 15.4. The number of nitrogens with zero attached hydrogens (tertiary/aromatic N) is 3. The minimum Gasteiger partial charge on any atom is -0.379 e. The summed E-state index contributed by atoms with van der Waals surface area (Å²) in [7, 11) is 0. The van der Waals surface area contributed by atoms with Crippen LogP contribution in [0.25, 0.3) is 11.0 Å². The van der Waals surface area contributed by atoms with Crippen LogP contribution in [0.5, 0.6) is 0 Å². The van der Waals surface area contributed by atoms with E-state index in [0.717, 1.165) is 68.4 Å². The average molecular weight is 344 g/mol. The molecule has 1 aliphatic heterocycles. The molecule has 0 atom stereocenters. The molecule has 1 amide bonds. The number of anilines is 1. The van der Waals surface area contributed by atoms with Crippen molar-refractivity contribution in [2.75, 3.05) is 31.6 Å². The summed E-state index contributed by atoms with van der Waals surface area (Å²) in [4.78, 5) is 19.2. The molecule has 136 valence electrons. The van der Waals surface area contributed by atoms with Crippen LogP contribution >= 0.6 is 0 Å². The van der Waals surface area contributed by atoms with Gasteiger partial charge >= 0.3 is 0 Å². The second-order valence-corrected chi connectivity index (χ2v) is 6.92. The van der Waals surface area contributed by atoms with Gasteiger partial charge in [0.1, 0.15) is 5.82 Å². The summed E-state index contributed by atoms with van der Waals surface area (Å²) in [6.45, 7) is 11.2. The molecule has 0 spiro atoms. The lowest BCUT2D eigenvalue weighted by Gasteiger charge is -2.26. The van der Waals surface area contributed by atoms with Crippen LogP contribution in [0.4, 0.5) is 5.69 Å². The van der Waals surface area contributed by atoms with E-state index in [1.54, 1.807) is 0 Å². The van der Waals surface area contributed by atoms with Crippen molar-refractivity contribution >= 4 is 22.6 Å². The molecule has 1 aromatic carbocycles. The van der Waals surface area contributed by atoms with Crippen LogP contribution in [0.15, 0.2) is 18.2 Å². The molecule has 1 N–H and O–H groups in total. The SMILES string of the molecule is CCCn1c(CN2CCOCC2)nc2cc(NC(=O)C(C)C)ccc21. The third-order valence-electron chi connectivity index (χ3n) is 4.54. The maximum Gasteiger partial charge on any atom is 0.226 e. The third-order valence-corrected chi connectivity index (χ3v) is 4.54. The van der Waals surface area contributed by atoms with E-state index in [-0.39, 0.29) is 11.8 Å². The van der Waals surface area contributed by atoms with Crippen LogP contribution in [-0.4, -0.2) is 46.7 Å². The fourth-order valence-corrected chi connectivity index (χ4v) is 3.10. The predicted octanol–water partition coefficient (Wildman–Crippen LogP) is 2.87. The number of hydrogen-bond donors (Lipinski definition) is 1. The van der Waals surface area contributed by atoms with Crippen molar-refractivity contribution in [3.05, 3.63) is 24.0 Å². The third kappa shape index (κ3) is 4.19. The lowest BCUT2D eigenvalue weighted by atomic mass is 10.2. The smallest absolute Gasteiger partial charge is 0.226 e. The quantitative estimate of drug-likeness (QED) is 0.875. The number of carbonyl (C=O) groups is 1. The van der Waals surface area contributed by atoms with E-state index < -0.39 is 0 Å². The van der Waals surface area contributed by atoms with Crippen LogP contribution in [0.2, 0.25) is 0 Å². The summed E-state index contributed by atoms with van der Waals surface area (Å²) in [5, 5.41) is 2.96. The molecule has 0 unspecified atom stereocenters. The van der Waals surface area contributed by atoms with Gasteiger partial charge in [-0.15, -0.1) is 0 Å². The molecule has 25 heavy (non-hydrogen) atoms. The molecule has 6 nitrogen and oxygen atoms in total. The summed E-state index contributed by atoms with van der Waals surface area (Å²) in [6, 6.07) is 6.01. The fraction of sp³-hybridized carbons (Fsp3) is 0.579. The number of amides is 1. The molecule has 0 radical (unpaired) electrons. The number of carbonyl (C=O) groups excluding carboxylic acids is 1. The van der Waals surface area contributed by atoms with Gasteiger partial charge in [-0.3, -0.25) is 9.69 Å². The summed E-state index contributed by atoms with van der Waals surface area (Å²) >= 11 is 0. The van der Waals surface area contributed by atoms with Crippen LogP contribution in [0.3, 0.4) is 0 Å². The first kappa shape index (κ1) is 17.9. The Morgan fingerprint density at radius 1 is 1.32 bits per heavy atom. The zero-order chi connectivity index (χ0) is 17.8. The molecule has 1 saturated heterocycles. The van der Waals surface area contributed by atoms with Gasteiger partial charge in [-0.1, -0.05) is 20.8 Å². The molecular weight excluding hydrogens is 316 g/mol. The lowest BCUT2D eigenvalue weighted by Crippen LogP contribution is -2.36. The summed E-state index contributed by atoms with van der Waals surface area (Å²) < 4.78 is 7.74. The highest BCUT2D eigenvalue weighted by molar-refractivity contribution is 5.94. The van der Waals surface area contributed by atoms with Gasteiger partial charge in [-0.05, 0) is 24.6 Å². The molecule has 0 bridgehead atoms. The highest BCUT2D eigenvalue weighted by atomic mass is 16.5. The highest BCUT2D eigenvalue weighted by Crippen LogP contribution is 2.22. The standard InChI is InChI=1S/C19H28N4O2/c1-4-7-23-17-6-5-15(20-19(24)14(2)3)12-16(17)21-18(23)13-22-8-10-25-11-9-22/h5-6,12,14H,4,7-11,13H2,1-3H3,(H,20,24). The molecule has 0 saturated carbocycles. The van der Waals surface area contributed by atoms with Crippen molar-refractivity contribution in [1.29, 1.82) is 0 Å². The van der Waals surface area contributed by atoms with Crippen molar-refractivity contribution in [3.8, 4) is 0 Å². The molecule has 2 aromatic rings. The Morgan fingerprint density at radius 3 is 2.76 bits per heavy atom. The molecule has 1 fully saturated rings. The van der Waals surface area contributed by atoms with E-state index in [0.29, 0.717) is 0 Å². The van der Waals surface area contributed by atoms with Crippen molar-refractivity contribution < 1.29 is 9.53 Å². The molecule has 6 heteroatoms. The monoisotopic (exact) mass is 344 g/mol. The minimum absolute atomic E-state index is 0.0286. The number of imidazole rings is 1. The van der Waals surface area contributed by atoms with Gasteiger partial charge in [0.15, 0.2) is 0 Å². The molecule has 1 aromatic heterocycles. The Morgan fingerprint density at radius 2 is 2.08 bits per heavy atom. The summed E-state index contributed by atoms with van der Waals surface area (Å²) in [5.74, 6) is 1.08. The number of hydrogen-bond acceptors (Lipinski definition) is 4. The normalized spacial score (nSPS) is 15.8. The van der Waals surface area contributed by atoms with E-state index in [4.69, 9.17) is 9.72 Å². The van der Waals surface area contributed by atoms with Crippen molar-refractivity contribution in [2.45, 2.75) is 40.3 Å². The molecule has 3 rings (SSSR count). The molecule has 0 aliphatic carbocycles. The van der Waals surface area contributed by atoms with Gasteiger partial charge in [0, 0.05) is 31.2 Å². The predicted molar refractivity (Wildman–Crippen MR) is 99.6 cm³/mol. The second-order valence-electron chi connectivity index (χ2n) is 6.92. The van der Waals surface area contributed by atoms with Gasteiger partial charge in [0.2, 0.25) is 5.91 Å². The first-order valence-corrected chi connectivity index (χ1v) is 9.18. The van der Waals surface area contributed by atoms with Gasteiger partial charge < -0.3 is 14.6 Å². The van der Waals surface area contributed by atoms with E-state index in [1.807, 2.05) is 26.0 Å². The van der Waals surface area contributed by atoms with Crippen molar-refractivity contribution in [2.24, 2.45) is 5.92 Å². The maximum absolute atomic E-state index is 11.9. The van der Waals surface area contributed by atoms with Crippen molar-refractivity contribution in [1.82, 2.24) is 14.5 Å². The molecular formula is C19H28N4O2. The minimum atomic E-state index is -0.0368. The fourth-order valence-electron chi connectivity index (χ4n) is 3.10. The Labute approximate surface area is 149 Å². The molecule has 2 heterocycles. The first-order valence-electron chi connectivity index (χ1n) is 9.18. The van der Waals surface area contributed by atoms with E-state index in [2.05, 4.69) is 27.8 Å². The average Bonchev–Trinajstić information content (AvgIpc) is 2.93. The number of nitrogens with one attached hydrogen (secondary N) is 1. The van der Waals surface area contributed by atoms with Crippen LogP contribution in [0, 0.1) is 5.92 Å². The zero-order valence-electron chi connectivity index (χ0n) is 15.4. The number of fused-ring (bicyclic) bond motifs is 1. The number of morpholine rings is 1. The van der Waals surface area contributed by atoms with Gasteiger partial charge in [0.05, 0.1) is 30.8 Å². The highest BCUT2D eigenvalue weighted by Gasteiger charge is 2.17. The Bertz CT molecular complexity index is 732.